The maximum absolute atomic E-state index is 5.63. The first-order chi connectivity index (χ1) is 7.20. The molecule has 1 fully saturated rings. The van der Waals surface area contributed by atoms with E-state index in [9.17, 15) is 0 Å². The van der Waals surface area contributed by atoms with Gasteiger partial charge in [0.1, 0.15) is 5.82 Å². The molecule has 1 aromatic rings. The topological polar surface area (TPSA) is 50.9 Å². The van der Waals surface area contributed by atoms with Crippen LogP contribution in [0.1, 0.15) is 26.2 Å². The first-order valence-corrected chi connectivity index (χ1v) is 6.17. The summed E-state index contributed by atoms with van der Waals surface area (Å²) in [4.78, 5) is 4.27. The Labute approximate surface area is 98.6 Å². The maximum Gasteiger partial charge on any atom is 0.140 e. The Morgan fingerprint density at radius 3 is 3.13 bits per heavy atom. The van der Waals surface area contributed by atoms with Crippen LogP contribution in [0.3, 0.4) is 0 Å². The Balaban J connectivity index is 1.95. The van der Waals surface area contributed by atoms with Crippen LogP contribution in [0.25, 0.3) is 0 Å². The van der Waals surface area contributed by atoms with E-state index < -0.39 is 0 Å². The Bertz CT molecular complexity index is 354. The van der Waals surface area contributed by atoms with Crippen molar-refractivity contribution in [1.29, 1.82) is 0 Å². The number of nitrogen functional groups attached to an aromatic ring is 1. The van der Waals surface area contributed by atoms with Crippen LogP contribution in [-0.2, 0) is 0 Å². The third kappa shape index (κ3) is 2.62. The molecule has 4 heteroatoms. The molecule has 0 spiro atoms. The number of nitrogens with zero attached hydrogens (tertiary/aromatic N) is 1. The van der Waals surface area contributed by atoms with Crippen LogP contribution < -0.4 is 11.1 Å². The van der Waals surface area contributed by atoms with E-state index in [1.165, 1.54) is 19.3 Å². The Hall–Kier alpha value is -0.770. The van der Waals surface area contributed by atoms with E-state index in [2.05, 4.69) is 33.2 Å². The summed E-state index contributed by atoms with van der Waals surface area (Å²) in [5.74, 6) is 1.74. The molecule has 0 bridgehead atoms. The number of hydrogen-bond acceptors (Lipinski definition) is 3. The molecule has 82 valence electrons. The molecule has 1 aromatic heterocycles. The molecule has 2 atom stereocenters. The van der Waals surface area contributed by atoms with Crippen LogP contribution in [-0.4, -0.2) is 11.0 Å². The summed E-state index contributed by atoms with van der Waals surface area (Å²) >= 11 is 3.46. The summed E-state index contributed by atoms with van der Waals surface area (Å²) in [5, 5.41) is 3.43. The average molecular weight is 270 g/mol. The van der Waals surface area contributed by atoms with Crippen molar-refractivity contribution in [2.45, 2.75) is 32.2 Å². The fraction of sp³-hybridized carbons (Fsp3) is 0.545. The monoisotopic (exact) mass is 269 g/mol. The fourth-order valence-corrected chi connectivity index (χ4v) is 2.33. The molecule has 1 heterocycles. The summed E-state index contributed by atoms with van der Waals surface area (Å²) in [6.07, 6.45) is 5.53. The number of anilines is 2. The van der Waals surface area contributed by atoms with E-state index >= 15 is 0 Å². The number of hydrogen-bond donors (Lipinski definition) is 2. The number of nitrogens with one attached hydrogen (secondary N) is 1. The van der Waals surface area contributed by atoms with E-state index in [0.29, 0.717) is 11.7 Å². The molecule has 0 saturated heterocycles. The number of halogens is 1. The summed E-state index contributed by atoms with van der Waals surface area (Å²) in [6.45, 7) is 2.23. The predicted molar refractivity (Wildman–Crippen MR) is 66.8 cm³/mol. The highest BCUT2D eigenvalue weighted by Gasteiger charge is 2.36. The Morgan fingerprint density at radius 1 is 1.67 bits per heavy atom. The molecular formula is C11H16BrN3. The van der Waals surface area contributed by atoms with Gasteiger partial charge in [-0.2, -0.15) is 0 Å². The second kappa shape index (κ2) is 4.39. The molecule has 0 aliphatic heterocycles. The van der Waals surface area contributed by atoms with Crippen LogP contribution in [0.15, 0.2) is 16.7 Å². The fourth-order valence-electron chi connectivity index (χ4n) is 1.85. The lowest BCUT2D eigenvalue weighted by Gasteiger charge is -2.07. The smallest absolute Gasteiger partial charge is 0.140 e. The molecule has 2 unspecified atom stereocenters. The molecule has 3 nitrogen and oxygen atoms in total. The molecule has 0 amide bonds. The highest BCUT2D eigenvalue weighted by molar-refractivity contribution is 9.10. The minimum Gasteiger partial charge on any atom is -0.397 e. The minimum absolute atomic E-state index is 0.609. The van der Waals surface area contributed by atoms with Crippen molar-refractivity contribution in [2.75, 3.05) is 11.1 Å². The van der Waals surface area contributed by atoms with Crippen LogP contribution in [0, 0.1) is 5.92 Å². The average Bonchev–Trinajstić information content (AvgIpc) is 2.90. The van der Waals surface area contributed by atoms with Gasteiger partial charge in [-0.25, -0.2) is 4.98 Å². The van der Waals surface area contributed by atoms with Gasteiger partial charge in [-0.15, -0.1) is 0 Å². The third-order valence-corrected chi connectivity index (χ3v) is 3.37. The minimum atomic E-state index is 0.609. The van der Waals surface area contributed by atoms with Gasteiger partial charge in [-0.3, -0.25) is 0 Å². The molecule has 0 aromatic carbocycles. The van der Waals surface area contributed by atoms with Gasteiger partial charge < -0.3 is 11.1 Å². The lowest BCUT2D eigenvalue weighted by Crippen LogP contribution is -2.07. The van der Waals surface area contributed by atoms with Gasteiger partial charge in [0.25, 0.3) is 0 Å². The van der Waals surface area contributed by atoms with Gasteiger partial charge in [0, 0.05) is 6.04 Å². The predicted octanol–water partition coefficient (Wildman–Crippen LogP) is 3.03. The number of nitrogens with two attached hydrogens (primary N) is 1. The molecule has 3 N–H and O–H groups in total. The van der Waals surface area contributed by atoms with Crippen molar-refractivity contribution in [2.24, 2.45) is 5.92 Å². The number of aromatic nitrogens is 1. The number of pyridine rings is 1. The lowest BCUT2D eigenvalue weighted by molar-refractivity contribution is 0.692. The first kappa shape index (κ1) is 10.7. The molecule has 15 heavy (non-hydrogen) atoms. The molecule has 1 aliphatic carbocycles. The molecule has 2 rings (SSSR count). The SMILES string of the molecule is CCCC1CC1Nc1ncc(N)cc1Br. The normalized spacial score (nSPS) is 23.9. The van der Waals surface area contributed by atoms with Crippen molar-refractivity contribution in [3.63, 3.8) is 0 Å². The van der Waals surface area contributed by atoms with E-state index in [4.69, 9.17) is 5.73 Å². The maximum atomic E-state index is 5.63. The van der Waals surface area contributed by atoms with Gasteiger partial charge in [0.15, 0.2) is 0 Å². The van der Waals surface area contributed by atoms with Crippen molar-refractivity contribution >= 4 is 27.4 Å². The summed E-state index contributed by atoms with van der Waals surface area (Å²) in [5.41, 5.74) is 6.32. The Morgan fingerprint density at radius 2 is 2.47 bits per heavy atom. The summed E-state index contributed by atoms with van der Waals surface area (Å²) in [6, 6.07) is 2.49. The van der Waals surface area contributed by atoms with Gasteiger partial charge in [0.05, 0.1) is 16.4 Å². The molecular weight excluding hydrogens is 254 g/mol. The van der Waals surface area contributed by atoms with Crippen molar-refractivity contribution in [1.82, 2.24) is 4.98 Å². The molecule has 0 radical (unpaired) electrons. The van der Waals surface area contributed by atoms with Gasteiger partial charge >= 0.3 is 0 Å². The van der Waals surface area contributed by atoms with Crippen molar-refractivity contribution in [3.8, 4) is 0 Å². The van der Waals surface area contributed by atoms with Crippen LogP contribution in [0.5, 0.6) is 0 Å². The van der Waals surface area contributed by atoms with Gasteiger partial charge in [0.2, 0.25) is 0 Å². The second-order valence-electron chi connectivity index (χ2n) is 4.13. The summed E-state index contributed by atoms with van der Waals surface area (Å²) in [7, 11) is 0. The standard InChI is InChI=1S/C11H16BrN3/c1-2-3-7-4-10(7)15-11-9(12)5-8(13)6-14-11/h5-7,10H,2-4,13H2,1H3,(H,14,15). The van der Waals surface area contributed by atoms with Crippen LogP contribution >= 0.6 is 15.9 Å². The van der Waals surface area contributed by atoms with E-state index in [-0.39, 0.29) is 0 Å². The van der Waals surface area contributed by atoms with E-state index in [1.807, 2.05) is 6.07 Å². The number of rotatable bonds is 4. The van der Waals surface area contributed by atoms with E-state index in [0.717, 1.165) is 16.2 Å². The highest BCUT2D eigenvalue weighted by atomic mass is 79.9. The largest absolute Gasteiger partial charge is 0.397 e. The second-order valence-corrected chi connectivity index (χ2v) is 4.99. The highest BCUT2D eigenvalue weighted by Crippen LogP contribution is 2.38. The molecule has 1 aliphatic rings. The lowest BCUT2D eigenvalue weighted by atomic mass is 10.2. The zero-order chi connectivity index (χ0) is 10.8. The first-order valence-electron chi connectivity index (χ1n) is 5.38. The zero-order valence-corrected chi connectivity index (χ0v) is 10.4. The quantitative estimate of drug-likeness (QED) is 0.884. The van der Waals surface area contributed by atoms with Crippen LogP contribution in [0.2, 0.25) is 0 Å². The van der Waals surface area contributed by atoms with Crippen molar-refractivity contribution in [3.05, 3.63) is 16.7 Å². The Kier molecular flexibility index (Phi) is 3.14. The van der Waals surface area contributed by atoms with E-state index in [1.54, 1.807) is 6.20 Å². The van der Waals surface area contributed by atoms with Crippen molar-refractivity contribution < 1.29 is 0 Å². The van der Waals surface area contributed by atoms with Gasteiger partial charge in [-0.05, 0) is 40.8 Å². The molecule has 1 saturated carbocycles. The third-order valence-electron chi connectivity index (χ3n) is 2.77. The summed E-state index contributed by atoms with van der Waals surface area (Å²) < 4.78 is 0.949. The van der Waals surface area contributed by atoms with Crippen LogP contribution in [0.4, 0.5) is 11.5 Å². The zero-order valence-electron chi connectivity index (χ0n) is 8.83. The van der Waals surface area contributed by atoms with Gasteiger partial charge in [-0.1, -0.05) is 13.3 Å².